The number of carbonyl (C=O) groups is 6. The monoisotopic (exact) mass is 503 g/mol. The quantitative estimate of drug-likeness (QED) is 0.148. The molecule has 14 heteroatoms. The van der Waals surface area contributed by atoms with E-state index in [1.165, 1.54) is 11.8 Å². The molecule has 0 aromatic heterocycles. The molecule has 0 aliphatic carbocycles. The molecule has 1 saturated heterocycles. The van der Waals surface area contributed by atoms with Crippen LogP contribution in [0.2, 0.25) is 0 Å². The highest BCUT2D eigenvalue weighted by molar-refractivity contribution is 7.98. The molecule has 4 amide bonds. The van der Waals surface area contributed by atoms with Gasteiger partial charge in [0.25, 0.3) is 0 Å². The highest BCUT2D eigenvalue weighted by atomic mass is 32.2. The maximum absolute atomic E-state index is 13.1. The Kier molecular flexibility index (Phi) is 12.4. The van der Waals surface area contributed by atoms with Crippen molar-refractivity contribution in [3.8, 4) is 0 Å². The number of rotatable bonds is 15. The van der Waals surface area contributed by atoms with Crippen LogP contribution in [0.1, 0.15) is 44.9 Å². The lowest BCUT2D eigenvalue weighted by molar-refractivity contribution is -0.149. The number of hydrogen-bond donors (Lipinski definition) is 6. The van der Waals surface area contributed by atoms with Gasteiger partial charge in [-0.3, -0.25) is 24.0 Å². The van der Waals surface area contributed by atoms with Gasteiger partial charge in [-0.25, -0.2) is 4.79 Å². The molecule has 0 spiro atoms. The number of carboxylic acids is 2. The standard InChI is InChI=1S/C20H33N5O8S/c1-34-10-8-12(23-17(29)11(21)4-7-16(27)28)18(30)24-13(5-6-15(22)26)19(31)25-9-2-3-14(25)20(32)33/h11-14H,2-10,21H2,1H3,(H2,22,26)(H,23,29)(H,24,30)(H,27,28)(H,32,33). The molecule has 4 unspecified atom stereocenters. The van der Waals surface area contributed by atoms with Crippen molar-refractivity contribution >= 4 is 47.3 Å². The number of nitrogens with one attached hydrogen (secondary N) is 2. The number of carboxylic acid groups (broad SMARTS) is 2. The van der Waals surface area contributed by atoms with E-state index in [0.29, 0.717) is 12.2 Å². The van der Waals surface area contributed by atoms with Gasteiger partial charge >= 0.3 is 11.9 Å². The zero-order chi connectivity index (χ0) is 25.8. The van der Waals surface area contributed by atoms with Crippen molar-refractivity contribution in [1.82, 2.24) is 15.5 Å². The first-order chi connectivity index (χ1) is 16.0. The van der Waals surface area contributed by atoms with Gasteiger partial charge in [0.2, 0.25) is 23.6 Å². The van der Waals surface area contributed by atoms with Crippen LogP contribution in [-0.4, -0.2) is 93.4 Å². The highest BCUT2D eigenvalue weighted by Gasteiger charge is 2.38. The van der Waals surface area contributed by atoms with Crippen LogP contribution in [0, 0.1) is 0 Å². The molecule has 0 saturated carbocycles. The van der Waals surface area contributed by atoms with E-state index in [-0.39, 0.29) is 45.1 Å². The molecule has 4 atom stereocenters. The van der Waals surface area contributed by atoms with E-state index in [0.717, 1.165) is 4.90 Å². The molecular formula is C20H33N5O8S. The van der Waals surface area contributed by atoms with Crippen LogP contribution >= 0.6 is 11.8 Å². The second-order valence-electron chi connectivity index (χ2n) is 7.98. The number of nitrogens with two attached hydrogens (primary N) is 2. The minimum Gasteiger partial charge on any atom is -0.481 e. The molecule has 1 heterocycles. The highest BCUT2D eigenvalue weighted by Crippen LogP contribution is 2.20. The Morgan fingerprint density at radius 2 is 1.65 bits per heavy atom. The number of thioether (sulfide) groups is 1. The number of amides is 4. The lowest BCUT2D eigenvalue weighted by Crippen LogP contribution is -2.57. The van der Waals surface area contributed by atoms with Gasteiger partial charge in [-0.2, -0.15) is 11.8 Å². The van der Waals surface area contributed by atoms with Crippen molar-refractivity contribution in [3.05, 3.63) is 0 Å². The Bertz CT molecular complexity index is 780. The third-order valence-corrected chi connectivity index (χ3v) is 6.01. The number of primary amides is 1. The van der Waals surface area contributed by atoms with Gasteiger partial charge < -0.3 is 37.2 Å². The minimum atomic E-state index is -1.21. The maximum Gasteiger partial charge on any atom is 0.326 e. The zero-order valence-electron chi connectivity index (χ0n) is 19.0. The number of nitrogens with zero attached hydrogens (tertiary/aromatic N) is 1. The van der Waals surface area contributed by atoms with Crippen molar-refractivity contribution in [1.29, 1.82) is 0 Å². The fourth-order valence-corrected chi connectivity index (χ4v) is 3.97. The zero-order valence-corrected chi connectivity index (χ0v) is 19.8. The summed E-state index contributed by atoms with van der Waals surface area (Å²) in [6.07, 6.45) is 1.96. The SMILES string of the molecule is CSCCC(NC(=O)C(N)CCC(=O)O)C(=O)NC(CCC(N)=O)C(=O)N1CCCC1C(=O)O. The predicted molar refractivity (Wildman–Crippen MR) is 123 cm³/mol. The van der Waals surface area contributed by atoms with Crippen LogP contribution in [0.5, 0.6) is 0 Å². The number of carbonyl (C=O) groups excluding carboxylic acids is 4. The molecule has 1 fully saturated rings. The van der Waals surface area contributed by atoms with Gasteiger partial charge in [-0.1, -0.05) is 0 Å². The first kappa shape index (κ1) is 29.2. The van der Waals surface area contributed by atoms with E-state index in [1.54, 1.807) is 6.26 Å². The first-order valence-electron chi connectivity index (χ1n) is 10.9. The molecule has 192 valence electrons. The molecule has 13 nitrogen and oxygen atoms in total. The third-order valence-electron chi connectivity index (χ3n) is 5.36. The predicted octanol–water partition coefficient (Wildman–Crippen LogP) is -1.76. The molecule has 0 bridgehead atoms. The Morgan fingerprint density at radius 1 is 1.00 bits per heavy atom. The van der Waals surface area contributed by atoms with Gasteiger partial charge in [-0.05, 0) is 44.1 Å². The molecule has 1 aliphatic rings. The minimum absolute atomic E-state index is 0.122. The molecule has 8 N–H and O–H groups in total. The Labute approximate surface area is 201 Å². The van der Waals surface area contributed by atoms with Crippen molar-refractivity contribution in [3.63, 3.8) is 0 Å². The van der Waals surface area contributed by atoms with Crippen LogP contribution in [0.25, 0.3) is 0 Å². The fraction of sp³-hybridized carbons (Fsp3) is 0.700. The smallest absolute Gasteiger partial charge is 0.326 e. The summed E-state index contributed by atoms with van der Waals surface area (Å²) in [6.45, 7) is 0.198. The summed E-state index contributed by atoms with van der Waals surface area (Å²) < 4.78 is 0. The summed E-state index contributed by atoms with van der Waals surface area (Å²) in [6, 6.07) is -4.46. The largest absolute Gasteiger partial charge is 0.481 e. The fourth-order valence-electron chi connectivity index (χ4n) is 3.50. The van der Waals surface area contributed by atoms with E-state index in [2.05, 4.69) is 10.6 Å². The van der Waals surface area contributed by atoms with E-state index < -0.39 is 59.7 Å². The van der Waals surface area contributed by atoms with Crippen molar-refractivity contribution in [2.75, 3.05) is 18.6 Å². The lowest BCUT2D eigenvalue weighted by atomic mass is 10.1. The summed E-state index contributed by atoms with van der Waals surface area (Å²) in [4.78, 5) is 73.1. The summed E-state index contributed by atoms with van der Waals surface area (Å²) in [7, 11) is 0. The molecular weight excluding hydrogens is 470 g/mol. The van der Waals surface area contributed by atoms with Crippen LogP contribution in [0.3, 0.4) is 0 Å². The average molecular weight is 504 g/mol. The van der Waals surface area contributed by atoms with Crippen molar-refractivity contribution in [2.24, 2.45) is 11.5 Å². The molecule has 0 aromatic carbocycles. The Balaban J connectivity index is 2.97. The van der Waals surface area contributed by atoms with E-state index in [9.17, 15) is 33.9 Å². The summed E-state index contributed by atoms with van der Waals surface area (Å²) in [5, 5.41) is 23.1. The van der Waals surface area contributed by atoms with Gasteiger partial charge in [-0.15, -0.1) is 0 Å². The molecule has 0 aromatic rings. The lowest BCUT2D eigenvalue weighted by Gasteiger charge is -2.29. The Hall–Kier alpha value is -2.87. The van der Waals surface area contributed by atoms with Crippen LogP contribution < -0.4 is 22.1 Å². The first-order valence-corrected chi connectivity index (χ1v) is 12.3. The van der Waals surface area contributed by atoms with Crippen LogP contribution in [0.15, 0.2) is 0 Å². The summed E-state index contributed by atoms with van der Waals surface area (Å²) in [5.41, 5.74) is 10.9. The topological polar surface area (TPSA) is 222 Å². The van der Waals surface area contributed by atoms with Gasteiger partial charge in [0, 0.05) is 19.4 Å². The van der Waals surface area contributed by atoms with Crippen molar-refractivity contribution in [2.45, 2.75) is 69.1 Å². The summed E-state index contributed by atoms with van der Waals surface area (Å²) >= 11 is 1.42. The summed E-state index contributed by atoms with van der Waals surface area (Å²) in [5.74, 6) is -4.55. The van der Waals surface area contributed by atoms with Crippen molar-refractivity contribution < 1.29 is 39.0 Å². The molecule has 34 heavy (non-hydrogen) atoms. The van der Waals surface area contributed by atoms with Crippen LogP contribution in [-0.2, 0) is 28.8 Å². The van der Waals surface area contributed by atoms with Crippen LogP contribution in [0.4, 0.5) is 0 Å². The van der Waals surface area contributed by atoms with Gasteiger partial charge in [0.1, 0.15) is 18.1 Å². The second-order valence-corrected chi connectivity index (χ2v) is 8.96. The third kappa shape index (κ3) is 9.55. The van der Waals surface area contributed by atoms with E-state index in [1.807, 2.05) is 0 Å². The second kappa shape index (κ2) is 14.4. The molecule has 1 aliphatic heterocycles. The van der Waals surface area contributed by atoms with Gasteiger partial charge in [0.15, 0.2) is 0 Å². The van der Waals surface area contributed by atoms with Gasteiger partial charge in [0.05, 0.1) is 6.04 Å². The maximum atomic E-state index is 13.1. The van der Waals surface area contributed by atoms with E-state index in [4.69, 9.17) is 16.6 Å². The average Bonchev–Trinajstić information content (AvgIpc) is 3.27. The number of aliphatic carboxylic acids is 2. The number of likely N-dealkylation sites (tertiary alicyclic amines) is 1. The number of hydrogen-bond acceptors (Lipinski definition) is 8. The Morgan fingerprint density at radius 3 is 2.21 bits per heavy atom. The molecule has 1 rings (SSSR count). The normalized spacial score (nSPS) is 17.9. The van der Waals surface area contributed by atoms with E-state index >= 15 is 0 Å². The molecule has 0 radical (unpaired) electrons.